The molecule has 0 saturated heterocycles. The van der Waals surface area contributed by atoms with E-state index in [1.165, 1.54) is 257 Å². The largest absolute Gasteiger partial charge is 0.462 e. The molecule has 0 aliphatic heterocycles. The van der Waals surface area contributed by atoms with E-state index >= 15 is 0 Å². The highest BCUT2D eigenvalue weighted by Gasteiger charge is 2.19. The summed E-state index contributed by atoms with van der Waals surface area (Å²) >= 11 is 0. The Hall–Kier alpha value is -2.89. The summed E-state index contributed by atoms with van der Waals surface area (Å²) in [5.74, 6) is -0.955. The van der Waals surface area contributed by atoms with Gasteiger partial charge in [-0.2, -0.15) is 0 Å². The molecule has 0 spiro atoms. The second-order valence-electron chi connectivity index (χ2n) is 23.4. The highest BCUT2D eigenvalue weighted by molar-refractivity contribution is 5.71. The number of carbonyl (C=O) groups excluding carboxylic acids is 3. The second-order valence-corrected chi connectivity index (χ2v) is 23.4. The molecule has 0 fully saturated rings. The lowest BCUT2D eigenvalue weighted by Gasteiger charge is -2.18. The molecule has 0 aromatic carbocycles. The van der Waals surface area contributed by atoms with E-state index in [1.807, 2.05) is 6.08 Å². The van der Waals surface area contributed by atoms with Crippen LogP contribution in [0.3, 0.4) is 0 Å². The standard InChI is InChI=1S/C73H132O6/c1-4-7-10-13-16-19-22-25-27-29-31-33-35-36-38-39-41-43-45-48-51-54-57-60-63-66-72(75)78-69-70(68-77-71(74)65-62-59-56-53-50-47-24-21-18-15-12-9-6-3)79-73(76)67-64-61-58-55-52-49-46-44-42-40-37-34-32-30-28-26-23-20-17-14-11-8-5-2/h9,12,18,21,29,31,47,50,56,59,70H,4-8,10-11,13-17,19-20,22-28,30,32-46,48-49,51-55,57-58,60-69H2,1-3H3/b12-9-,21-18-,31-29-,50-47-,59-56-. The second kappa shape index (κ2) is 67.6. The highest BCUT2D eigenvalue weighted by atomic mass is 16.6. The molecule has 0 N–H and O–H groups in total. The van der Waals surface area contributed by atoms with Gasteiger partial charge in [-0.25, -0.2) is 0 Å². The average molecular weight is 1110 g/mol. The molecule has 0 saturated carbocycles. The fourth-order valence-corrected chi connectivity index (χ4v) is 10.3. The third kappa shape index (κ3) is 65.8. The van der Waals surface area contributed by atoms with Crippen molar-refractivity contribution in [1.82, 2.24) is 0 Å². The van der Waals surface area contributed by atoms with E-state index in [4.69, 9.17) is 14.2 Å². The average Bonchev–Trinajstić information content (AvgIpc) is 3.45. The lowest BCUT2D eigenvalue weighted by Crippen LogP contribution is -2.30. The van der Waals surface area contributed by atoms with Gasteiger partial charge in [0.2, 0.25) is 0 Å². The number of rotatable bonds is 64. The van der Waals surface area contributed by atoms with Crippen LogP contribution < -0.4 is 0 Å². The van der Waals surface area contributed by atoms with E-state index in [9.17, 15) is 14.4 Å². The Morgan fingerprint density at radius 1 is 0.266 bits per heavy atom. The Bertz CT molecular complexity index is 1410. The number of hydrogen-bond donors (Lipinski definition) is 0. The first kappa shape index (κ1) is 76.1. The number of esters is 3. The van der Waals surface area contributed by atoms with Gasteiger partial charge in [-0.15, -0.1) is 0 Å². The predicted octanol–water partition coefficient (Wildman–Crippen LogP) is 23.9. The molecule has 0 aromatic heterocycles. The van der Waals surface area contributed by atoms with Crippen LogP contribution >= 0.6 is 0 Å². The molecule has 0 radical (unpaired) electrons. The van der Waals surface area contributed by atoms with Crippen LogP contribution in [0.15, 0.2) is 60.8 Å². The number of hydrogen-bond acceptors (Lipinski definition) is 6. The maximum Gasteiger partial charge on any atom is 0.306 e. The maximum atomic E-state index is 12.9. The lowest BCUT2D eigenvalue weighted by molar-refractivity contribution is -0.166. The monoisotopic (exact) mass is 1110 g/mol. The normalized spacial score (nSPS) is 12.4. The Balaban J connectivity index is 4.27. The maximum absolute atomic E-state index is 12.9. The molecule has 79 heavy (non-hydrogen) atoms. The molecule has 6 heteroatoms. The predicted molar refractivity (Wildman–Crippen MR) is 344 cm³/mol. The van der Waals surface area contributed by atoms with Crippen molar-refractivity contribution in [3.63, 3.8) is 0 Å². The summed E-state index contributed by atoms with van der Waals surface area (Å²) < 4.78 is 16.9. The fraction of sp³-hybridized carbons (Fsp3) is 0.822. The number of carbonyl (C=O) groups is 3. The first-order chi connectivity index (χ1) is 39.0. The van der Waals surface area contributed by atoms with Gasteiger partial charge in [-0.1, -0.05) is 338 Å². The fourth-order valence-electron chi connectivity index (χ4n) is 10.3. The van der Waals surface area contributed by atoms with Gasteiger partial charge in [-0.05, 0) is 70.6 Å². The van der Waals surface area contributed by atoms with Gasteiger partial charge in [0.15, 0.2) is 6.10 Å². The van der Waals surface area contributed by atoms with Gasteiger partial charge in [-0.3, -0.25) is 14.4 Å². The molecular formula is C73H132O6. The van der Waals surface area contributed by atoms with Gasteiger partial charge in [0.1, 0.15) is 13.2 Å². The molecule has 0 rings (SSSR count). The quantitative estimate of drug-likeness (QED) is 0.0261. The van der Waals surface area contributed by atoms with Crippen molar-refractivity contribution < 1.29 is 28.6 Å². The van der Waals surface area contributed by atoms with Crippen LogP contribution in [-0.4, -0.2) is 37.2 Å². The van der Waals surface area contributed by atoms with E-state index < -0.39 is 6.10 Å². The van der Waals surface area contributed by atoms with Crippen LogP contribution in [0.1, 0.15) is 367 Å². The topological polar surface area (TPSA) is 78.9 Å². The summed E-state index contributed by atoms with van der Waals surface area (Å²) in [4.78, 5) is 38.3. The van der Waals surface area contributed by atoms with E-state index in [0.29, 0.717) is 19.3 Å². The van der Waals surface area contributed by atoms with Crippen molar-refractivity contribution in [2.75, 3.05) is 13.2 Å². The summed E-state index contributed by atoms with van der Waals surface area (Å²) in [5, 5.41) is 0. The minimum absolute atomic E-state index is 0.0924. The molecule has 0 bridgehead atoms. The van der Waals surface area contributed by atoms with Gasteiger partial charge < -0.3 is 14.2 Å². The first-order valence-electron chi connectivity index (χ1n) is 34.8. The minimum atomic E-state index is -0.802. The van der Waals surface area contributed by atoms with Gasteiger partial charge >= 0.3 is 17.9 Å². The Morgan fingerprint density at radius 2 is 0.519 bits per heavy atom. The zero-order valence-electron chi connectivity index (χ0n) is 52.9. The number of allylic oxidation sites excluding steroid dienone is 10. The summed E-state index contributed by atoms with van der Waals surface area (Å²) in [5.41, 5.74) is 0. The van der Waals surface area contributed by atoms with Crippen molar-refractivity contribution in [1.29, 1.82) is 0 Å². The Morgan fingerprint density at radius 3 is 0.848 bits per heavy atom. The lowest BCUT2D eigenvalue weighted by atomic mass is 10.0. The van der Waals surface area contributed by atoms with Crippen molar-refractivity contribution in [3.8, 4) is 0 Å². The van der Waals surface area contributed by atoms with Crippen LogP contribution in [-0.2, 0) is 28.6 Å². The zero-order chi connectivity index (χ0) is 57.1. The zero-order valence-corrected chi connectivity index (χ0v) is 52.9. The molecule has 1 atom stereocenters. The van der Waals surface area contributed by atoms with Crippen molar-refractivity contribution >= 4 is 17.9 Å². The molecule has 1 unspecified atom stereocenters. The molecule has 460 valence electrons. The summed E-state index contributed by atoms with van der Waals surface area (Å²) in [7, 11) is 0. The third-order valence-electron chi connectivity index (χ3n) is 15.5. The third-order valence-corrected chi connectivity index (χ3v) is 15.5. The summed E-state index contributed by atoms with van der Waals surface area (Å²) in [6.45, 7) is 6.52. The molecular weight excluding hydrogens is 973 g/mol. The summed E-state index contributed by atoms with van der Waals surface area (Å²) in [6, 6.07) is 0. The van der Waals surface area contributed by atoms with Crippen LogP contribution in [0.5, 0.6) is 0 Å². The smallest absolute Gasteiger partial charge is 0.306 e. The molecule has 6 nitrogen and oxygen atoms in total. The SMILES string of the molecule is CC/C=C\C/C=C\C/C=C\C/C=C\CCC(=O)OCC(COC(=O)CCCCCCCCCCCCCCC/C=C\CCCCCCCCCC)OC(=O)CCCCCCCCCCCCCCCCCCCCCCCCC. The number of ether oxygens (including phenoxy) is 3. The van der Waals surface area contributed by atoms with Crippen LogP contribution in [0.4, 0.5) is 0 Å². The first-order valence-corrected chi connectivity index (χ1v) is 34.8. The summed E-state index contributed by atoms with van der Waals surface area (Å²) in [6.07, 6.45) is 87.0. The van der Waals surface area contributed by atoms with Gasteiger partial charge in [0.25, 0.3) is 0 Å². The Labute approximate surface area is 491 Å². The van der Waals surface area contributed by atoms with Crippen LogP contribution in [0.2, 0.25) is 0 Å². The highest BCUT2D eigenvalue weighted by Crippen LogP contribution is 2.18. The van der Waals surface area contributed by atoms with E-state index in [-0.39, 0.29) is 37.5 Å². The van der Waals surface area contributed by atoms with Crippen LogP contribution in [0.25, 0.3) is 0 Å². The molecule has 0 aliphatic carbocycles. The number of unbranched alkanes of at least 4 members (excludes halogenated alkanes) is 43. The van der Waals surface area contributed by atoms with Crippen LogP contribution in [0, 0.1) is 0 Å². The molecule has 0 aromatic rings. The van der Waals surface area contributed by atoms with Crippen molar-refractivity contribution in [2.45, 2.75) is 374 Å². The van der Waals surface area contributed by atoms with Gasteiger partial charge in [0, 0.05) is 19.3 Å². The van der Waals surface area contributed by atoms with Crippen molar-refractivity contribution in [2.24, 2.45) is 0 Å². The molecule has 0 heterocycles. The van der Waals surface area contributed by atoms with Crippen molar-refractivity contribution in [3.05, 3.63) is 60.8 Å². The molecule has 0 aliphatic rings. The van der Waals surface area contributed by atoms with E-state index in [2.05, 4.69) is 75.5 Å². The van der Waals surface area contributed by atoms with E-state index in [1.54, 1.807) is 0 Å². The Kier molecular flexibility index (Phi) is 65.1. The van der Waals surface area contributed by atoms with Gasteiger partial charge in [0.05, 0.1) is 0 Å². The molecule has 0 amide bonds. The minimum Gasteiger partial charge on any atom is -0.462 e. The van der Waals surface area contributed by atoms with E-state index in [0.717, 1.165) is 64.2 Å².